The molecule has 138 valence electrons. The smallest absolute Gasteiger partial charge is 0.219 e. The van der Waals surface area contributed by atoms with E-state index in [2.05, 4.69) is 12.5 Å². The fourth-order valence-electron chi connectivity index (χ4n) is 0.370. The van der Waals surface area contributed by atoms with Gasteiger partial charge >= 0.3 is 0 Å². The van der Waals surface area contributed by atoms with E-state index in [1.54, 1.807) is 0 Å². The third-order valence-electron chi connectivity index (χ3n) is 1.13. The number of rotatable bonds is 7. The van der Waals surface area contributed by atoms with Gasteiger partial charge in [-0.05, 0) is 6.42 Å². The second kappa shape index (κ2) is 13.0. The van der Waals surface area contributed by atoms with Crippen LogP contribution >= 0.6 is 0 Å². The molecule has 0 atom stereocenters. The van der Waals surface area contributed by atoms with Crippen molar-refractivity contribution in [3.63, 3.8) is 0 Å². The summed E-state index contributed by atoms with van der Waals surface area (Å²) < 4.78 is 95.2. The normalized spacial score (nSPS) is 11.7. The quantitative estimate of drug-likeness (QED) is 0.210. The van der Waals surface area contributed by atoms with Crippen LogP contribution in [0.25, 0.3) is 0 Å². The number of aliphatic hydroxyl groups is 1. The Balaban J connectivity index is -0.000000252. The Hall–Kier alpha value is -0.430. The van der Waals surface area contributed by atoms with Crippen LogP contribution in [0, 0.1) is 0 Å². The molecule has 0 aromatic rings. The molecule has 0 aliphatic heterocycles. The number of aliphatic hydroxyl groups excluding tert-OH is 1. The van der Waals surface area contributed by atoms with E-state index < -0.39 is 38.0 Å². The van der Waals surface area contributed by atoms with Crippen LogP contribution in [0.2, 0.25) is 0 Å². The van der Waals surface area contributed by atoms with Gasteiger partial charge in [0.15, 0.2) is 6.79 Å². The first-order valence-corrected chi connectivity index (χ1v) is 9.01. The summed E-state index contributed by atoms with van der Waals surface area (Å²) in [6.45, 7) is 0.787. The van der Waals surface area contributed by atoms with Gasteiger partial charge in [-0.1, -0.05) is 13.3 Å². The zero-order valence-electron chi connectivity index (χ0n) is 11.4. The maximum absolute atomic E-state index is 9.73. The molecule has 16 heteroatoms. The second-order valence-corrected chi connectivity index (χ2v) is 6.07. The van der Waals surface area contributed by atoms with Crippen molar-refractivity contribution in [1.82, 2.24) is 0 Å². The Morgan fingerprint density at radius 3 is 1.36 bits per heavy atom. The second-order valence-electron chi connectivity index (χ2n) is 2.81. The summed E-state index contributed by atoms with van der Waals surface area (Å²) in [5.74, 6) is 0. The highest BCUT2D eigenvalue weighted by molar-refractivity contribution is 7.81. The van der Waals surface area contributed by atoms with Gasteiger partial charge in [0.2, 0.25) is 31.2 Å². The van der Waals surface area contributed by atoms with Crippen molar-refractivity contribution >= 4 is 31.2 Å². The fraction of sp³-hybridized carbons (Fsp3) is 1.00. The molecule has 0 radical (unpaired) electrons. The minimum Gasteiger partial charge on any atom is -0.726 e. The summed E-state index contributed by atoms with van der Waals surface area (Å²) >= 11 is 0. The van der Waals surface area contributed by atoms with Crippen LogP contribution in [0.15, 0.2) is 0 Å². The van der Waals surface area contributed by atoms with E-state index in [9.17, 15) is 38.9 Å². The maximum Gasteiger partial charge on any atom is 0.219 e. The highest BCUT2D eigenvalue weighted by Gasteiger charge is 1.91. The van der Waals surface area contributed by atoms with Crippen LogP contribution in [0.5, 0.6) is 0 Å². The molecular formula is C6H15O13S3-3. The monoisotopic (exact) mass is 391 g/mol. The molecule has 0 unspecified atom stereocenters. The summed E-state index contributed by atoms with van der Waals surface area (Å²) in [6, 6.07) is 0. The predicted molar refractivity (Wildman–Crippen MR) is 65.1 cm³/mol. The van der Waals surface area contributed by atoms with E-state index >= 15 is 0 Å². The van der Waals surface area contributed by atoms with Crippen molar-refractivity contribution in [1.29, 1.82) is 0 Å². The zero-order valence-corrected chi connectivity index (χ0v) is 13.8. The van der Waals surface area contributed by atoms with Gasteiger partial charge in [0.25, 0.3) is 0 Å². The first-order valence-electron chi connectivity index (χ1n) is 5.01. The maximum atomic E-state index is 9.73. The third-order valence-corrected chi connectivity index (χ3v) is 2.38. The van der Waals surface area contributed by atoms with Gasteiger partial charge in [0.1, 0.15) is 0 Å². The summed E-state index contributed by atoms with van der Waals surface area (Å²) in [7, 11) is -12.7. The van der Waals surface area contributed by atoms with Crippen molar-refractivity contribution < 1.29 is 56.6 Å². The van der Waals surface area contributed by atoms with Gasteiger partial charge in [-0.15, -0.1) is 0 Å². The Morgan fingerprint density at radius 1 is 0.864 bits per heavy atom. The summed E-state index contributed by atoms with van der Waals surface area (Å²) in [6.07, 6.45) is 1.41. The lowest BCUT2D eigenvalue weighted by atomic mass is 10.4. The minimum absolute atomic E-state index is 0.00231. The van der Waals surface area contributed by atoms with Crippen LogP contribution in [0.1, 0.15) is 19.8 Å². The fourth-order valence-corrected chi connectivity index (χ4v) is 0.821. The molecule has 0 amide bonds. The molecule has 0 aromatic carbocycles. The third kappa shape index (κ3) is 42.7. The Kier molecular flexibility index (Phi) is 15.7. The molecule has 0 fully saturated rings. The molecule has 0 saturated heterocycles. The lowest BCUT2D eigenvalue weighted by Crippen LogP contribution is -2.04. The Labute approximate surface area is 128 Å². The van der Waals surface area contributed by atoms with Crippen LogP contribution in [0.3, 0.4) is 0 Å². The van der Waals surface area contributed by atoms with Crippen LogP contribution in [-0.2, 0) is 43.7 Å². The zero-order chi connectivity index (χ0) is 18.4. The van der Waals surface area contributed by atoms with Crippen molar-refractivity contribution in [2.75, 3.05) is 20.5 Å². The molecule has 0 bridgehead atoms. The minimum atomic E-state index is -4.67. The van der Waals surface area contributed by atoms with Crippen molar-refractivity contribution in [3.8, 4) is 0 Å². The highest BCUT2D eigenvalue weighted by atomic mass is 32.3. The average molecular weight is 391 g/mol. The largest absolute Gasteiger partial charge is 0.726 e. The van der Waals surface area contributed by atoms with Gasteiger partial charge < -0.3 is 18.8 Å². The molecular weight excluding hydrogens is 376 g/mol. The molecule has 22 heavy (non-hydrogen) atoms. The molecule has 0 aliphatic rings. The van der Waals surface area contributed by atoms with Gasteiger partial charge in [-0.3, -0.25) is 12.5 Å². The van der Waals surface area contributed by atoms with Crippen LogP contribution in [0.4, 0.5) is 0 Å². The number of unbranched alkanes of at least 4 members (excludes halogenated alkanes) is 1. The van der Waals surface area contributed by atoms with Crippen molar-refractivity contribution in [2.24, 2.45) is 0 Å². The first-order chi connectivity index (χ1) is 9.68. The van der Waals surface area contributed by atoms with Gasteiger partial charge in [0, 0.05) is 0 Å². The van der Waals surface area contributed by atoms with E-state index in [1.165, 1.54) is 0 Å². The topological polar surface area (TPSA) is 220 Å². The van der Waals surface area contributed by atoms with Crippen LogP contribution in [-0.4, -0.2) is 64.5 Å². The lowest BCUT2D eigenvalue weighted by Gasteiger charge is -2.05. The summed E-state index contributed by atoms with van der Waals surface area (Å²) in [4.78, 5) is 0. The van der Waals surface area contributed by atoms with Crippen molar-refractivity contribution in [2.45, 2.75) is 19.8 Å². The molecule has 0 heterocycles. The number of hydrogen-bond acceptors (Lipinski definition) is 13. The Bertz CT molecular complexity index is 545. The molecule has 0 rings (SSSR count). The Morgan fingerprint density at radius 2 is 1.23 bits per heavy atom. The lowest BCUT2D eigenvalue weighted by molar-refractivity contribution is 0.0904. The average Bonchev–Trinajstić information content (AvgIpc) is 2.27. The predicted octanol–water partition coefficient (Wildman–Crippen LogP) is -2.23. The SMILES string of the molecule is CCCCOS(=O)(=O)[O-].COS(=O)(=O)[O-].O=S(=O)([O-])OCO. The van der Waals surface area contributed by atoms with Crippen LogP contribution < -0.4 is 0 Å². The van der Waals surface area contributed by atoms with Gasteiger partial charge in [-0.2, -0.15) is 0 Å². The molecule has 0 aromatic heterocycles. The van der Waals surface area contributed by atoms with E-state index in [-0.39, 0.29) is 6.61 Å². The van der Waals surface area contributed by atoms with E-state index in [0.29, 0.717) is 6.42 Å². The molecule has 13 nitrogen and oxygen atoms in total. The molecule has 0 spiro atoms. The molecule has 0 saturated carbocycles. The van der Waals surface area contributed by atoms with Gasteiger partial charge in [-0.25, -0.2) is 25.3 Å². The standard InChI is InChI=1S/C4H10O4S.CH4O5S.CH4O4S/c1-2-3-4-8-9(5,6)7;2-1-6-7(3,4)5;1-5-6(2,3)4/h2-4H2,1H3,(H,5,6,7);2H,1H2,(H,3,4,5);1H3,(H,2,3,4)/p-3. The van der Waals surface area contributed by atoms with E-state index in [4.69, 9.17) is 5.11 Å². The molecule has 1 N–H and O–H groups in total. The summed E-state index contributed by atoms with van der Waals surface area (Å²) in [5.41, 5.74) is 0. The first kappa shape index (κ1) is 26.5. The highest BCUT2D eigenvalue weighted by Crippen LogP contribution is 1.91. The van der Waals surface area contributed by atoms with E-state index in [1.807, 2.05) is 6.92 Å². The van der Waals surface area contributed by atoms with Crippen molar-refractivity contribution in [3.05, 3.63) is 0 Å². The van der Waals surface area contributed by atoms with E-state index in [0.717, 1.165) is 13.5 Å². The summed E-state index contributed by atoms with van der Waals surface area (Å²) in [5, 5.41) is 7.60. The number of hydrogen-bond donors (Lipinski definition) is 1. The van der Waals surface area contributed by atoms with Gasteiger partial charge in [0.05, 0.1) is 13.7 Å². The molecule has 0 aliphatic carbocycles.